The van der Waals surface area contributed by atoms with E-state index in [1.54, 1.807) is 6.33 Å². The predicted molar refractivity (Wildman–Crippen MR) is 120 cm³/mol. The highest BCUT2D eigenvalue weighted by Gasteiger charge is 2.16. The third-order valence-electron chi connectivity index (χ3n) is 5.04. The second-order valence-corrected chi connectivity index (χ2v) is 7.75. The lowest BCUT2D eigenvalue weighted by atomic mass is 10.0. The Balaban J connectivity index is 0.000000769. The molecular weight excluding hydrogens is 414 g/mol. The van der Waals surface area contributed by atoms with Crippen LogP contribution < -0.4 is 4.74 Å². The van der Waals surface area contributed by atoms with E-state index >= 15 is 0 Å². The third kappa shape index (κ3) is 10.4. The summed E-state index contributed by atoms with van der Waals surface area (Å²) in [6, 6.07) is 8.34. The van der Waals surface area contributed by atoms with Crippen molar-refractivity contribution < 1.29 is 24.5 Å². The zero-order chi connectivity index (χ0) is 23.8. The van der Waals surface area contributed by atoms with Crippen LogP contribution in [0.2, 0.25) is 0 Å². The number of ether oxygens (including phenoxy) is 1. The van der Waals surface area contributed by atoms with Gasteiger partial charge < -0.3 is 19.5 Å². The van der Waals surface area contributed by atoms with E-state index in [1.165, 1.54) is 31.5 Å². The molecule has 1 aliphatic rings. The molecule has 1 aliphatic heterocycles. The van der Waals surface area contributed by atoms with Crippen LogP contribution in [0.25, 0.3) is 0 Å². The van der Waals surface area contributed by atoms with E-state index < -0.39 is 0 Å². The fourth-order valence-corrected chi connectivity index (χ4v) is 3.59. The first-order valence-corrected chi connectivity index (χ1v) is 10.5. The van der Waals surface area contributed by atoms with Crippen LogP contribution in [0.5, 0.6) is 5.75 Å². The van der Waals surface area contributed by atoms with Gasteiger partial charge in [0.05, 0.1) is 6.54 Å². The van der Waals surface area contributed by atoms with Crippen molar-refractivity contribution in [2.24, 2.45) is 13.0 Å². The van der Waals surface area contributed by atoms with Gasteiger partial charge in [0.2, 0.25) is 0 Å². The molecule has 1 saturated heterocycles. The first-order chi connectivity index (χ1) is 15.4. The molecule has 3 rings (SSSR count). The molecule has 32 heavy (non-hydrogen) atoms. The number of aryl methyl sites for hydroxylation is 1. The molecule has 0 saturated carbocycles. The highest BCUT2D eigenvalue weighted by Crippen LogP contribution is 2.21. The molecule has 1 atom stereocenters. The monoisotopic (exact) mass is 449 g/mol. The van der Waals surface area contributed by atoms with Crippen LogP contribution >= 0.6 is 0 Å². The van der Waals surface area contributed by atoms with E-state index in [2.05, 4.69) is 52.2 Å². The second-order valence-electron chi connectivity index (χ2n) is 7.75. The van der Waals surface area contributed by atoms with Crippen molar-refractivity contribution in [3.63, 3.8) is 0 Å². The Morgan fingerprint density at radius 1 is 1.22 bits per heavy atom. The SMILES string of the molecule is CC1CCCN(CCOc2ccccc2CN(C)Cc2nncn2C)C1.O=CO.O=CO. The number of nitrogens with zero attached hydrogens (tertiary/aromatic N) is 5. The zero-order valence-electron chi connectivity index (χ0n) is 19.1. The lowest BCUT2D eigenvalue weighted by molar-refractivity contribution is -0.123. The molecule has 1 aromatic heterocycles. The molecule has 1 aromatic carbocycles. The summed E-state index contributed by atoms with van der Waals surface area (Å²) >= 11 is 0. The minimum Gasteiger partial charge on any atom is -0.492 e. The van der Waals surface area contributed by atoms with E-state index in [0.717, 1.165) is 43.7 Å². The summed E-state index contributed by atoms with van der Waals surface area (Å²) in [6.07, 6.45) is 4.41. The van der Waals surface area contributed by atoms with Gasteiger partial charge in [0.25, 0.3) is 12.9 Å². The highest BCUT2D eigenvalue weighted by atomic mass is 16.5. The van der Waals surface area contributed by atoms with Crippen molar-refractivity contribution in [3.8, 4) is 5.75 Å². The maximum absolute atomic E-state index is 8.36. The van der Waals surface area contributed by atoms with Gasteiger partial charge in [-0.2, -0.15) is 0 Å². The third-order valence-corrected chi connectivity index (χ3v) is 5.04. The average Bonchev–Trinajstić information content (AvgIpc) is 3.15. The summed E-state index contributed by atoms with van der Waals surface area (Å²) in [4.78, 5) is 21.5. The summed E-state index contributed by atoms with van der Waals surface area (Å²) in [6.45, 7) is 7.58. The molecule has 1 unspecified atom stereocenters. The number of carboxylic acid groups (broad SMARTS) is 2. The molecule has 2 N–H and O–H groups in total. The Morgan fingerprint density at radius 3 is 2.53 bits per heavy atom. The van der Waals surface area contributed by atoms with Gasteiger partial charge in [-0.05, 0) is 38.4 Å². The molecule has 10 nitrogen and oxygen atoms in total. The highest BCUT2D eigenvalue weighted by molar-refractivity contribution is 5.33. The average molecular weight is 450 g/mol. The number of hydrogen-bond acceptors (Lipinski definition) is 7. The van der Waals surface area contributed by atoms with Gasteiger partial charge in [-0.3, -0.25) is 19.4 Å². The largest absolute Gasteiger partial charge is 0.492 e. The molecule has 0 radical (unpaired) electrons. The van der Waals surface area contributed by atoms with Crippen molar-refractivity contribution in [1.82, 2.24) is 24.6 Å². The Kier molecular flexibility index (Phi) is 13.3. The fourth-order valence-electron chi connectivity index (χ4n) is 3.59. The van der Waals surface area contributed by atoms with Gasteiger partial charge >= 0.3 is 0 Å². The molecule has 10 heteroatoms. The molecular formula is C22H35N5O5. The number of carbonyl (C=O) groups is 2. The summed E-state index contributed by atoms with van der Waals surface area (Å²) in [5.41, 5.74) is 1.21. The lowest BCUT2D eigenvalue weighted by Gasteiger charge is -2.30. The summed E-state index contributed by atoms with van der Waals surface area (Å²) in [5.74, 6) is 2.76. The van der Waals surface area contributed by atoms with E-state index in [0.29, 0.717) is 0 Å². The predicted octanol–water partition coefficient (Wildman–Crippen LogP) is 1.96. The first-order valence-electron chi connectivity index (χ1n) is 10.5. The summed E-state index contributed by atoms with van der Waals surface area (Å²) in [5, 5.41) is 21.9. The van der Waals surface area contributed by atoms with Crippen molar-refractivity contribution >= 4 is 12.9 Å². The Labute approximate surface area is 189 Å². The lowest BCUT2D eigenvalue weighted by Crippen LogP contribution is -2.37. The number of para-hydroxylation sites is 1. The van der Waals surface area contributed by atoms with Crippen molar-refractivity contribution in [3.05, 3.63) is 42.0 Å². The van der Waals surface area contributed by atoms with Crippen LogP contribution in [0, 0.1) is 5.92 Å². The smallest absolute Gasteiger partial charge is 0.290 e. The van der Waals surface area contributed by atoms with E-state index in [-0.39, 0.29) is 12.9 Å². The van der Waals surface area contributed by atoms with Gasteiger partial charge in [0.1, 0.15) is 24.5 Å². The van der Waals surface area contributed by atoms with Gasteiger partial charge in [-0.1, -0.05) is 25.1 Å². The van der Waals surface area contributed by atoms with Crippen molar-refractivity contribution in [1.29, 1.82) is 0 Å². The number of likely N-dealkylation sites (tertiary alicyclic amines) is 1. The van der Waals surface area contributed by atoms with Gasteiger partial charge in [-0.25, -0.2) is 0 Å². The van der Waals surface area contributed by atoms with Gasteiger partial charge in [-0.15, -0.1) is 10.2 Å². The van der Waals surface area contributed by atoms with Crippen LogP contribution in [0.3, 0.4) is 0 Å². The first kappa shape index (κ1) is 27.1. The van der Waals surface area contributed by atoms with Crippen LogP contribution in [0.1, 0.15) is 31.2 Å². The summed E-state index contributed by atoms with van der Waals surface area (Å²) in [7, 11) is 4.07. The van der Waals surface area contributed by atoms with E-state index in [4.69, 9.17) is 24.5 Å². The zero-order valence-corrected chi connectivity index (χ0v) is 19.1. The maximum atomic E-state index is 8.36. The van der Waals surface area contributed by atoms with Gasteiger partial charge in [0, 0.05) is 32.2 Å². The number of hydrogen-bond donors (Lipinski definition) is 2. The van der Waals surface area contributed by atoms with Crippen LogP contribution in [-0.2, 0) is 29.7 Å². The number of benzene rings is 1. The molecule has 0 spiro atoms. The maximum Gasteiger partial charge on any atom is 0.290 e. The standard InChI is InChI=1S/C20H31N5O.2CH2O2/c1-17-7-6-10-25(13-17)11-12-26-19-9-5-4-8-18(19)14-23(2)15-20-22-21-16-24(20)3;2*2-1-3/h4-5,8-9,16-17H,6-7,10-15H2,1-3H3;2*1H,(H,2,3). The fraction of sp³-hybridized carbons (Fsp3) is 0.545. The molecule has 0 amide bonds. The minimum absolute atomic E-state index is 0.250. The van der Waals surface area contributed by atoms with E-state index in [9.17, 15) is 0 Å². The second kappa shape index (κ2) is 15.8. The quantitative estimate of drug-likeness (QED) is 0.583. The van der Waals surface area contributed by atoms with Crippen LogP contribution in [0.4, 0.5) is 0 Å². The molecule has 1 fully saturated rings. The Morgan fingerprint density at radius 2 is 1.91 bits per heavy atom. The van der Waals surface area contributed by atoms with Crippen molar-refractivity contribution in [2.75, 3.05) is 33.3 Å². The number of aromatic nitrogens is 3. The normalized spacial score (nSPS) is 15.7. The van der Waals surface area contributed by atoms with Gasteiger partial charge in [0.15, 0.2) is 0 Å². The molecule has 178 valence electrons. The molecule has 0 bridgehead atoms. The topological polar surface area (TPSA) is 121 Å². The minimum atomic E-state index is -0.250. The number of rotatable bonds is 8. The van der Waals surface area contributed by atoms with Crippen LogP contribution in [-0.4, -0.2) is 81.0 Å². The van der Waals surface area contributed by atoms with E-state index in [1.807, 2.05) is 17.7 Å². The number of piperidine rings is 1. The summed E-state index contributed by atoms with van der Waals surface area (Å²) < 4.78 is 8.09. The molecule has 2 aromatic rings. The molecule has 0 aliphatic carbocycles. The molecule has 2 heterocycles. The Bertz CT molecular complexity index is 780. The van der Waals surface area contributed by atoms with Crippen LogP contribution in [0.15, 0.2) is 30.6 Å². The Hall–Kier alpha value is -2.98. The van der Waals surface area contributed by atoms with Crippen molar-refractivity contribution in [2.45, 2.75) is 32.9 Å².